The van der Waals surface area contributed by atoms with E-state index in [1.807, 2.05) is 0 Å². The first kappa shape index (κ1) is 16.2. The second-order valence-corrected chi connectivity index (χ2v) is 5.33. The molecule has 0 saturated heterocycles. The van der Waals surface area contributed by atoms with Crippen molar-refractivity contribution < 1.29 is 24.6 Å². The number of carbonyl (C=O) groups is 3. The Bertz CT molecular complexity index is 474. The number of hydrogen-bond donors (Lipinski definition) is 3. The first-order chi connectivity index (χ1) is 9.36. The lowest BCUT2D eigenvalue weighted by Gasteiger charge is -2.25. The van der Waals surface area contributed by atoms with Crippen molar-refractivity contribution in [2.75, 3.05) is 5.75 Å². The van der Waals surface area contributed by atoms with Gasteiger partial charge in [0.15, 0.2) is 6.04 Å². The number of aliphatic carboxylic acids is 2. The maximum atomic E-state index is 11.5. The van der Waals surface area contributed by atoms with E-state index < -0.39 is 29.3 Å². The quantitative estimate of drug-likeness (QED) is 0.658. The average molecular weight is 300 g/mol. The van der Waals surface area contributed by atoms with Crippen LogP contribution in [0.2, 0.25) is 0 Å². The molecule has 0 fully saturated rings. The van der Waals surface area contributed by atoms with E-state index >= 15 is 0 Å². The SMILES string of the molecule is C=C1CSC(C(NC(=O)CCC)C(=O)O)N=C1C(=O)O. The molecule has 2 atom stereocenters. The highest BCUT2D eigenvalue weighted by molar-refractivity contribution is 8.00. The average Bonchev–Trinajstić information content (AvgIpc) is 2.36. The molecule has 7 nitrogen and oxygen atoms in total. The summed E-state index contributed by atoms with van der Waals surface area (Å²) in [6.45, 7) is 5.38. The molecule has 8 heteroatoms. The maximum absolute atomic E-state index is 11.5. The summed E-state index contributed by atoms with van der Waals surface area (Å²) >= 11 is 1.14. The van der Waals surface area contributed by atoms with Gasteiger partial charge in [-0.15, -0.1) is 11.8 Å². The van der Waals surface area contributed by atoms with Crippen LogP contribution in [0.25, 0.3) is 0 Å². The van der Waals surface area contributed by atoms with Gasteiger partial charge in [-0.25, -0.2) is 9.59 Å². The molecule has 1 amide bonds. The molecule has 0 radical (unpaired) electrons. The second-order valence-electron chi connectivity index (χ2n) is 4.22. The highest BCUT2D eigenvalue weighted by Crippen LogP contribution is 2.25. The molecule has 2 unspecified atom stereocenters. The van der Waals surface area contributed by atoms with Gasteiger partial charge < -0.3 is 15.5 Å². The van der Waals surface area contributed by atoms with Gasteiger partial charge in [-0.3, -0.25) is 9.79 Å². The van der Waals surface area contributed by atoms with Crippen LogP contribution < -0.4 is 5.32 Å². The predicted molar refractivity (Wildman–Crippen MR) is 74.9 cm³/mol. The minimum Gasteiger partial charge on any atom is -0.480 e. The lowest BCUT2D eigenvalue weighted by atomic mass is 10.2. The van der Waals surface area contributed by atoms with E-state index in [1.54, 1.807) is 6.92 Å². The standard InChI is InChI=1S/C12H16N2O5S/c1-3-4-7(15)13-9(12(18)19)10-14-8(11(16)17)6(2)5-20-10/h9-10H,2-5H2,1H3,(H,13,15)(H,16,17)(H,18,19). The van der Waals surface area contributed by atoms with Crippen molar-refractivity contribution in [1.29, 1.82) is 0 Å². The van der Waals surface area contributed by atoms with Crippen LogP contribution in [0.15, 0.2) is 17.1 Å². The number of nitrogens with zero attached hydrogens (tertiary/aromatic N) is 1. The monoisotopic (exact) mass is 300 g/mol. The fourth-order valence-corrected chi connectivity index (χ4v) is 2.68. The number of carboxylic acid groups (broad SMARTS) is 2. The molecule has 0 spiro atoms. The molecule has 1 aliphatic rings. The van der Waals surface area contributed by atoms with Crippen LogP contribution in [0.4, 0.5) is 0 Å². The third-order valence-corrected chi connectivity index (χ3v) is 3.80. The summed E-state index contributed by atoms with van der Waals surface area (Å²) < 4.78 is 0. The molecule has 0 bridgehead atoms. The summed E-state index contributed by atoms with van der Waals surface area (Å²) in [5.41, 5.74) is 0.104. The topological polar surface area (TPSA) is 116 Å². The Balaban J connectivity index is 2.92. The highest BCUT2D eigenvalue weighted by Gasteiger charge is 2.34. The third-order valence-electron chi connectivity index (χ3n) is 2.57. The van der Waals surface area contributed by atoms with Crippen LogP contribution >= 0.6 is 11.8 Å². The molecule has 0 aromatic rings. The van der Waals surface area contributed by atoms with Crippen molar-refractivity contribution >= 4 is 35.3 Å². The van der Waals surface area contributed by atoms with Gasteiger partial charge in [0.1, 0.15) is 11.1 Å². The normalized spacial score (nSPS) is 19.9. The molecule has 1 heterocycles. The van der Waals surface area contributed by atoms with E-state index in [0.29, 0.717) is 12.0 Å². The Kier molecular flexibility index (Phi) is 5.75. The molecular weight excluding hydrogens is 284 g/mol. The predicted octanol–water partition coefficient (Wildman–Crippen LogP) is 0.511. The number of carbonyl (C=O) groups excluding carboxylic acids is 1. The molecule has 20 heavy (non-hydrogen) atoms. The van der Waals surface area contributed by atoms with E-state index in [-0.39, 0.29) is 17.9 Å². The summed E-state index contributed by atoms with van der Waals surface area (Å²) in [5, 5.41) is 19.6. The highest BCUT2D eigenvalue weighted by atomic mass is 32.2. The molecule has 1 rings (SSSR count). The molecule has 1 aliphatic heterocycles. The van der Waals surface area contributed by atoms with E-state index in [1.165, 1.54) is 0 Å². The van der Waals surface area contributed by atoms with E-state index in [9.17, 15) is 14.4 Å². The van der Waals surface area contributed by atoms with Crippen molar-refractivity contribution in [2.45, 2.75) is 31.2 Å². The zero-order valence-electron chi connectivity index (χ0n) is 11.0. The second kappa shape index (κ2) is 7.09. The summed E-state index contributed by atoms with van der Waals surface area (Å²) in [6.07, 6.45) is 0.805. The Morgan fingerprint density at radius 2 is 2.15 bits per heavy atom. The zero-order chi connectivity index (χ0) is 15.3. The largest absolute Gasteiger partial charge is 0.480 e. The molecule has 110 valence electrons. The fraction of sp³-hybridized carbons (Fsp3) is 0.500. The first-order valence-corrected chi connectivity index (χ1v) is 7.04. The molecule has 3 N–H and O–H groups in total. The van der Waals surface area contributed by atoms with E-state index in [4.69, 9.17) is 10.2 Å². The third kappa shape index (κ3) is 4.09. The number of thioether (sulfide) groups is 1. The van der Waals surface area contributed by atoms with Gasteiger partial charge >= 0.3 is 11.9 Å². The fourth-order valence-electron chi connectivity index (χ4n) is 1.61. The number of amides is 1. The smallest absolute Gasteiger partial charge is 0.354 e. The van der Waals surface area contributed by atoms with Gasteiger partial charge in [-0.05, 0) is 12.0 Å². The zero-order valence-corrected chi connectivity index (χ0v) is 11.8. The number of carboxylic acids is 2. The van der Waals surface area contributed by atoms with Crippen molar-refractivity contribution in [3.63, 3.8) is 0 Å². The van der Waals surface area contributed by atoms with Gasteiger partial charge in [0.2, 0.25) is 5.91 Å². The van der Waals surface area contributed by atoms with Crippen molar-refractivity contribution in [2.24, 2.45) is 4.99 Å². The summed E-state index contributed by atoms with van der Waals surface area (Å²) in [5.74, 6) is -2.61. The lowest BCUT2D eigenvalue weighted by molar-refractivity contribution is -0.141. The Hall–Kier alpha value is -1.83. The van der Waals surface area contributed by atoms with Gasteiger partial charge in [0.25, 0.3) is 0 Å². The van der Waals surface area contributed by atoms with Gasteiger partial charge in [-0.2, -0.15) is 0 Å². The van der Waals surface area contributed by atoms with Crippen molar-refractivity contribution in [3.05, 3.63) is 12.2 Å². The molecular formula is C12H16N2O5S. The van der Waals surface area contributed by atoms with Gasteiger partial charge in [0, 0.05) is 12.2 Å². The summed E-state index contributed by atoms with van der Waals surface area (Å²) in [6, 6.07) is -1.25. The molecule has 0 aromatic carbocycles. The number of nitrogens with one attached hydrogen (secondary N) is 1. The van der Waals surface area contributed by atoms with Crippen LogP contribution in [0.3, 0.4) is 0 Å². The lowest BCUT2D eigenvalue weighted by Crippen LogP contribution is -2.48. The Labute approximate surface area is 120 Å². The van der Waals surface area contributed by atoms with Crippen LogP contribution in [-0.4, -0.2) is 50.9 Å². The minimum atomic E-state index is -1.25. The first-order valence-electron chi connectivity index (χ1n) is 5.99. The minimum absolute atomic E-state index is 0.212. The van der Waals surface area contributed by atoms with Crippen LogP contribution in [0, 0.1) is 0 Å². The maximum Gasteiger partial charge on any atom is 0.354 e. The summed E-state index contributed by atoms with van der Waals surface area (Å²) in [7, 11) is 0. The Morgan fingerprint density at radius 1 is 1.50 bits per heavy atom. The van der Waals surface area contributed by atoms with Gasteiger partial charge in [-0.1, -0.05) is 13.5 Å². The van der Waals surface area contributed by atoms with Crippen molar-refractivity contribution in [1.82, 2.24) is 5.32 Å². The molecule has 0 aliphatic carbocycles. The Morgan fingerprint density at radius 3 is 2.65 bits per heavy atom. The molecule has 0 aromatic heterocycles. The summed E-state index contributed by atoms with van der Waals surface area (Å²) in [4.78, 5) is 37.6. The van der Waals surface area contributed by atoms with E-state index in [2.05, 4.69) is 16.9 Å². The van der Waals surface area contributed by atoms with Crippen LogP contribution in [0.5, 0.6) is 0 Å². The van der Waals surface area contributed by atoms with Crippen LogP contribution in [0.1, 0.15) is 19.8 Å². The van der Waals surface area contributed by atoms with Crippen LogP contribution in [-0.2, 0) is 14.4 Å². The molecule has 0 saturated carbocycles. The van der Waals surface area contributed by atoms with Gasteiger partial charge in [0.05, 0.1) is 0 Å². The van der Waals surface area contributed by atoms with Crippen molar-refractivity contribution in [3.8, 4) is 0 Å². The number of hydrogen-bond acceptors (Lipinski definition) is 5. The number of aliphatic imine (C=N–C) groups is 1. The van der Waals surface area contributed by atoms with E-state index in [0.717, 1.165) is 11.8 Å². The number of rotatable bonds is 6.